The van der Waals surface area contributed by atoms with Crippen LogP contribution >= 0.6 is 0 Å². The van der Waals surface area contributed by atoms with Crippen LogP contribution in [0.1, 0.15) is 58.3 Å². The molecule has 7 atom stereocenters. The van der Waals surface area contributed by atoms with Crippen molar-refractivity contribution in [3.8, 4) is 0 Å². The number of rotatable bonds is 11. The lowest BCUT2D eigenvalue weighted by molar-refractivity contribution is -0.168. The van der Waals surface area contributed by atoms with E-state index in [9.17, 15) is 19.8 Å². The van der Waals surface area contributed by atoms with Crippen molar-refractivity contribution in [3.05, 3.63) is 61.8 Å². The van der Waals surface area contributed by atoms with E-state index in [2.05, 4.69) is 32.7 Å². The topological polar surface area (TPSA) is 93.1 Å². The molecule has 6 heteroatoms. The zero-order chi connectivity index (χ0) is 25.6. The summed E-state index contributed by atoms with van der Waals surface area (Å²) in [7, 11) is 0. The van der Waals surface area contributed by atoms with E-state index < -0.39 is 23.7 Å². The average molecular weight is 485 g/mol. The SMILES string of the molecule is C=CCC(CC=C)(CC=C)C(=O)O[C@H]1C[C@H](O)C=C2C=CC[C@@H]([C@@H](C)C[C@@H]3C[C@@H](O)CC(=O)O3)[C@H]21. The van der Waals surface area contributed by atoms with Crippen molar-refractivity contribution in [1.82, 2.24) is 0 Å². The predicted octanol–water partition coefficient (Wildman–Crippen LogP) is 4.59. The number of hydrogen-bond acceptors (Lipinski definition) is 6. The normalized spacial score (nSPS) is 31.4. The van der Waals surface area contributed by atoms with E-state index in [4.69, 9.17) is 9.47 Å². The van der Waals surface area contributed by atoms with Crippen LogP contribution in [-0.2, 0) is 19.1 Å². The number of fused-ring (bicyclic) bond motifs is 1. The summed E-state index contributed by atoms with van der Waals surface area (Å²) in [5, 5.41) is 20.6. The second kappa shape index (κ2) is 12.0. The highest BCUT2D eigenvalue weighted by Gasteiger charge is 2.45. The summed E-state index contributed by atoms with van der Waals surface area (Å²) in [5.41, 5.74) is 0.169. The van der Waals surface area contributed by atoms with E-state index in [1.807, 2.05) is 12.2 Å². The third-order valence-electron chi connectivity index (χ3n) is 7.72. The lowest BCUT2D eigenvalue weighted by atomic mass is 9.66. The van der Waals surface area contributed by atoms with Crippen molar-refractivity contribution in [2.45, 2.75) is 82.7 Å². The lowest BCUT2D eigenvalue weighted by Crippen LogP contribution is -2.45. The number of esters is 2. The summed E-state index contributed by atoms with van der Waals surface area (Å²) < 4.78 is 11.7. The Bertz CT molecular complexity index is 844. The largest absolute Gasteiger partial charge is 0.462 e. The molecule has 2 N–H and O–H groups in total. The van der Waals surface area contributed by atoms with Crippen molar-refractivity contribution in [2.24, 2.45) is 23.2 Å². The first-order chi connectivity index (χ1) is 16.7. The number of ether oxygens (including phenoxy) is 2. The van der Waals surface area contributed by atoms with E-state index in [1.54, 1.807) is 18.2 Å². The Kier molecular flexibility index (Phi) is 9.31. The van der Waals surface area contributed by atoms with Gasteiger partial charge in [-0.1, -0.05) is 43.4 Å². The van der Waals surface area contributed by atoms with Gasteiger partial charge >= 0.3 is 11.9 Å². The molecule has 1 fully saturated rings. The van der Waals surface area contributed by atoms with E-state index in [0.29, 0.717) is 38.5 Å². The Morgan fingerprint density at radius 1 is 1.20 bits per heavy atom. The van der Waals surface area contributed by atoms with Gasteiger partial charge in [-0.2, -0.15) is 0 Å². The summed E-state index contributed by atoms with van der Waals surface area (Å²) in [6.45, 7) is 13.6. The molecule has 6 nitrogen and oxygen atoms in total. The Morgan fingerprint density at radius 2 is 1.86 bits per heavy atom. The highest BCUT2D eigenvalue weighted by Crippen LogP contribution is 2.45. The summed E-state index contributed by atoms with van der Waals surface area (Å²) in [4.78, 5) is 25.4. The fourth-order valence-corrected chi connectivity index (χ4v) is 6.09. The minimum absolute atomic E-state index is 0.0460. The first-order valence-corrected chi connectivity index (χ1v) is 12.7. The van der Waals surface area contributed by atoms with Crippen molar-refractivity contribution in [1.29, 1.82) is 0 Å². The van der Waals surface area contributed by atoms with Crippen molar-refractivity contribution in [2.75, 3.05) is 0 Å². The van der Waals surface area contributed by atoms with Crippen LogP contribution in [0.4, 0.5) is 0 Å². The summed E-state index contributed by atoms with van der Waals surface area (Å²) in [5.74, 6) is -0.462. The van der Waals surface area contributed by atoms with Crippen LogP contribution in [0.3, 0.4) is 0 Å². The second-order valence-corrected chi connectivity index (χ2v) is 10.4. The Hall–Kier alpha value is -2.44. The molecule has 0 bridgehead atoms. The van der Waals surface area contributed by atoms with Gasteiger partial charge in [0.05, 0.1) is 24.0 Å². The van der Waals surface area contributed by atoms with Crippen molar-refractivity contribution < 1.29 is 29.3 Å². The molecule has 0 aromatic heterocycles. The summed E-state index contributed by atoms with van der Waals surface area (Å²) in [6.07, 6.45) is 12.6. The Morgan fingerprint density at radius 3 is 2.46 bits per heavy atom. The number of cyclic esters (lactones) is 1. The first kappa shape index (κ1) is 27.2. The highest BCUT2D eigenvalue weighted by atomic mass is 16.6. The molecule has 0 radical (unpaired) electrons. The quantitative estimate of drug-likeness (QED) is 0.329. The van der Waals surface area contributed by atoms with E-state index in [-0.39, 0.29) is 42.2 Å². The molecule has 0 amide bonds. The molecule has 1 saturated heterocycles. The van der Waals surface area contributed by atoms with Gasteiger partial charge < -0.3 is 19.7 Å². The molecule has 1 heterocycles. The average Bonchev–Trinajstić information content (AvgIpc) is 2.78. The van der Waals surface area contributed by atoms with Crippen molar-refractivity contribution >= 4 is 11.9 Å². The number of aliphatic hydroxyl groups is 2. The van der Waals surface area contributed by atoms with Crippen LogP contribution in [0.25, 0.3) is 0 Å². The maximum absolute atomic E-state index is 13.6. The van der Waals surface area contributed by atoms with Gasteiger partial charge in [-0.15, -0.1) is 19.7 Å². The fourth-order valence-electron chi connectivity index (χ4n) is 6.09. The minimum Gasteiger partial charge on any atom is -0.462 e. The molecule has 0 spiro atoms. The van der Waals surface area contributed by atoms with Crippen LogP contribution in [0.2, 0.25) is 0 Å². The molecule has 2 aliphatic carbocycles. The molecule has 0 aromatic carbocycles. The second-order valence-electron chi connectivity index (χ2n) is 10.4. The minimum atomic E-state index is -0.810. The van der Waals surface area contributed by atoms with Gasteiger partial charge in [0.1, 0.15) is 12.2 Å². The molecular weight excluding hydrogens is 444 g/mol. The maximum atomic E-state index is 13.6. The van der Waals surface area contributed by atoms with Crippen molar-refractivity contribution in [3.63, 3.8) is 0 Å². The number of hydrogen-bond donors (Lipinski definition) is 2. The van der Waals surface area contributed by atoms with Gasteiger partial charge in [-0.25, -0.2) is 0 Å². The summed E-state index contributed by atoms with van der Waals surface area (Å²) >= 11 is 0. The molecule has 0 saturated carbocycles. The van der Waals surface area contributed by atoms with Gasteiger partial charge in [0.2, 0.25) is 0 Å². The molecule has 0 unspecified atom stereocenters. The highest BCUT2D eigenvalue weighted by molar-refractivity contribution is 5.78. The van der Waals surface area contributed by atoms with E-state index in [0.717, 1.165) is 12.0 Å². The molecule has 35 heavy (non-hydrogen) atoms. The number of allylic oxidation sites excluding steroid dienone is 5. The lowest BCUT2D eigenvalue weighted by Gasteiger charge is -2.44. The van der Waals surface area contributed by atoms with Gasteiger partial charge in [0, 0.05) is 18.8 Å². The number of aliphatic hydroxyl groups excluding tert-OH is 2. The summed E-state index contributed by atoms with van der Waals surface area (Å²) in [6, 6.07) is 0. The van der Waals surface area contributed by atoms with Gasteiger partial charge in [-0.05, 0) is 49.5 Å². The molecule has 192 valence electrons. The molecular formula is C29H40O6. The molecule has 0 aromatic rings. The van der Waals surface area contributed by atoms with Crippen LogP contribution in [-0.4, -0.2) is 46.6 Å². The van der Waals surface area contributed by atoms with Crippen LogP contribution < -0.4 is 0 Å². The number of carbonyl (C=O) groups is 2. The zero-order valence-corrected chi connectivity index (χ0v) is 20.8. The standard InChI is InChI=1S/C29H40O6/c1-5-11-29(12-6-2,13-7-3)28(33)35-25-17-21(30)15-20-9-8-10-24(27(20)25)19(4)14-23-16-22(31)18-26(32)34-23/h5-9,15,19,21-25,27,30-31H,1-3,10-14,16-18H2,4H3/t19-,21+,22+,23+,24-,25-,27-/m0/s1. The molecule has 3 rings (SSSR count). The van der Waals surface area contributed by atoms with Gasteiger partial charge in [-0.3, -0.25) is 9.59 Å². The monoisotopic (exact) mass is 484 g/mol. The fraction of sp³-hybridized carbons (Fsp3) is 0.586. The Labute approximate surface area is 209 Å². The first-order valence-electron chi connectivity index (χ1n) is 12.7. The third-order valence-corrected chi connectivity index (χ3v) is 7.72. The predicted molar refractivity (Wildman–Crippen MR) is 135 cm³/mol. The smallest absolute Gasteiger partial charge is 0.313 e. The zero-order valence-electron chi connectivity index (χ0n) is 20.8. The molecule has 3 aliphatic rings. The van der Waals surface area contributed by atoms with Crippen LogP contribution in [0.15, 0.2) is 61.8 Å². The van der Waals surface area contributed by atoms with Crippen LogP contribution in [0, 0.1) is 23.2 Å². The van der Waals surface area contributed by atoms with Gasteiger partial charge in [0.25, 0.3) is 0 Å². The van der Waals surface area contributed by atoms with E-state index >= 15 is 0 Å². The molecule has 1 aliphatic heterocycles. The third kappa shape index (κ3) is 6.42. The van der Waals surface area contributed by atoms with Crippen LogP contribution in [0.5, 0.6) is 0 Å². The van der Waals surface area contributed by atoms with Gasteiger partial charge in [0.15, 0.2) is 0 Å². The van der Waals surface area contributed by atoms with E-state index in [1.165, 1.54) is 0 Å². The maximum Gasteiger partial charge on any atom is 0.313 e. The Balaban J connectivity index is 1.83. The number of carbonyl (C=O) groups excluding carboxylic acids is 2.